The highest BCUT2D eigenvalue weighted by Gasteiger charge is 2.18. The van der Waals surface area contributed by atoms with Crippen LogP contribution in [0.5, 0.6) is 0 Å². The van der Waals surface area contributed by atoms with Crippen molar-refractivity contribution in [3.8, 4) is 0 Å². The summed E-state index contributed by atoms with van der Waals surface area (Å²) in [6.07, 6.45) is 1.76. The maximum Gasteiger partial charge on any atom is 0.257 e. The van der Waals surface area contributed by atoms with E-state index in [1.165, 1.54) is 61.5 Å². The van der Waals surface area contributed by atoms with E-state index in [2.05, 4.69) is 22.1 Å². The molecule has 0 atom stereocenters. The number of rotatable bonds is 7. The number of nitrogens with one attached hydrogen (secondary N) is 1. The van der Waals surface area contributed by atoms with Gasteiger partial charge in [0.2, 0.25) is 15.2 Å². The molecule has 0 radical (unpaired) electrons. The molecule has 0 aliphatic carbocycles. The molecule has 0 unspecified atom stereocenters. The van der Waals surface area contributed by atoms with Gasteiger partial charge in [0.25, 0.3) is 5.91 Å². The van der Waals surface area contributed by atoms with Crippen LogP contribution in [0.15, 0.2) is 46.2 Å². The molecule has 0 bridgehead atoms. The number of hydrogen-bond acceptors (Lipinski definition) is 7. The van der Waals surface area contributed by atoms with Crippen molar-refractivity contribution < 1.29 is 13.2 Å². The van der Waals surface area contributed by atoms with Crippen molar-refractivity contribution in [1.82, 2.24) is 14.5 Å². The van der Waals surface area contributed by atoms with Crippen LogP contribution in [0.2, 0.25) is 0 Å². The number of amides is 1. The largest absolute Gasteiger partial charge is 0.296 e. The first kappa shape index (κ1) is 18.6. The summed E-state index contributed by atoms with van der Waals surface area (Å²) in [6.45, 7) is 3.63. The van der Waals surface area contributed by atoms with E-state index in [1.807, 2.05) is 0 Å². The topological polar surface area (TPSA) is 92.3 Å². The number of anilines is 1. The molecule has 2 rings (SSSR count). The number of hydrogen-bond donors (Lipinski definition) is 1. The highest BCUT2D eigenvalue weighted by Crippen LogP contribution is 2.25. The number of nitrogens with zero attached hydrogens (tertiary/aromatic N) is 3. The average molecular weight is 385 g/mol. The van der Waals surface area contributed by atoms with Crippen LogP contribution >= 0.6 is 23.1 Å². The van der Waals surface area contributed by atoms with E-state index in [4.69, 9.17) is 0 Å². The van der Waals surface area contributed by atoms with E-state index in [-0.39, 0.29) is 10.8 Å². The van der Waals surface area contributed by atoms with Crippen molar-refractivity contribution in [2.45, 2.75) is 9.24 Å². The zero-order valence-corrected chi connectivity index (χ0v) is 15.5. The van der Waals surface area contributed by atoms with Gasteiger partial charge in [-0.15, -0.1) is 16.8 Å². The third-order valence-corrected chi connectivity index (χ3v) is 6.64. The zero-order chi connectivity index (χ0) is 17.7. The first-order chi connectivity index (χ1) is 11.3. The fraction of sp³-hybridized carbons (Fsp3) is 0.214. The number of carbonyl (C=O) groups is 1. The Hall–Kier alpha value is -1.75. The van der Waals surface area contributed by atoms with Gasteiger partial charge in [0.05, 0.1) is 4.90 Å². The summed E-state index contributed by atoms with van der Waals surface area (Å²) in [5.41, 5.74) is 0.336. The van der Waals surface area contributed by atoms with Crippen LogP contribution in [0, 0.1) is 0 Å². The lowest BCUT2D eigenvalue weighted by Gasteiger charge is -2.11. The lowest BCUT2D eigenvalue weighted by molar-refractivity contribution is 0.102. The van der Waals surface area contributed by atoms with E-state index in [9.17, 15) is 13.2 Å². The molecule has 0 saturated carbocycles. The van der Waals surface area contributed by atoms with Gasteiger partial charge in [-0.2, -0.15) is 0 Å². The quantitative estimate of drug-likeness (QED) is 0.447. The summed E-state index contributed by atoms with van der Waals surface area (Å²) in [6, 6.07) is 5.71. The number of aromatic nitrogens is 2. The van der Waals surface area contributed by atoms with Crippen LogP contribution in [0.1, 0.15) is 10.4 Å². The van der Waals surface area contributed by atoms with E-state index in [0.717, 1.165) is 8.64 Å². The Morgan fingerprint density at radius 1 is 1.33 bits per heavy atom. The van der Waals surface area contributed by atoms with Gasteiger partial charge in [0, 0.05) is 25.4 Å². The molecular weight excluding hydrogens is 368 g/mol. The summed E-state index contributed by atoms with van der Waals surface area (Å²) in [5, 5.41) is 10.9. The fourth-order valence-electron chi connectivity index (χ4n) is 1.61. The number of sulfonamides is 1. The Balaban J connectivity index is 2.08. The number of thioether (sulfide) groups is 1. The second kappa shape index (κ2) is 7.88. The molecule has 0 spiro atoms. The summed E-state index contributed by atoms with van der Waals surface area (Å²) >= 11 is 2.74. The van der Waals surface area contributed by atoms with Crippen molar-refractivity contribution in [3.63, 3.8) is 0 Å². The molecule has 1 amide bonds. The maximum absolute atomic E-state index is 12.2. The minimum absolute atomic E-state index is 0.128. The summed E-state index contributed by atoms with van der Waals surface area (Å²) in [5.74, 6) is 0.338. The Morgan fingerprint density at radius 3 is 2.58 bits per heavy atom. The molecular formula is C14H16N4O3S3. The summed E-state index contributed by atoms with van der Waals surface area (Å²) in [7, 11) is -0.610. The zero-order valence-electron chi connectivity index (χ0n) is 13.1. The van der Waals surface area contributed by atoms with E-state index < -0.39 is 10.0 Å². The monoisotopic (exact) mass is 384 g/mol. The lowest BCUT2D eigenvalue weighted by atomic mass is 10.2. The highest BCUT2D eigenvalue weighted by atomic mass is 32.2. The molecule has 0 aliphatic heterocycles. The number of carbonyl (C=O) groups excluding carboxylic acids is 1. The van der Waals surface area contributed by atoms with Crippen LogP contribution in [0.4, 0.5) is 5.13 Å². The third kappa shape index (κ3) is 4.41. The summed E-state index contributed by atoms with van der Waals surface area (Å²) in [4.78, 5) is 12.3. The minimum Gasteiger partial charge on any atom is -0.296 e. The predicted octanol–water partition coefficient (Wildman–Crippen LogP) is 2.32. The molecule has 1 aromatic heterocycles. The molecule has 0 aliphatic rings. The summed E-state index contributed by atoms with van der Waals surface area (Å²) < 4.78 is 25.8. The molecule has 128 valence electrons. The second-order valence-electron chi connectivity index (χ2n) is 4.74. The molecule has 1 aromatic carbocycles. The predicted molar refractivity (Wildman–Crippen MR) is 96.1 cm³/mol. The first-order valence-corrected chi connectivity index (χ1v) is 10.00. The molecule has 1 N–H and O–H groups in total. The van der Waals surface area contributed by atoms with Gasteiger partial charge < -0.3 is 0 Å². The SMILES string of the molecule is C=CCSc1nnc(NC(=O)c2ccc(S(=O)(=O)N(C)C)cc2)s1. The van der Waals surface area contributed by atoms with E-state index >= 15 is 0 Å². The normalized spacial score (nSPS) is 11.5. The van der Waals surface area contributed by atoms with Crippen molar-refractivity contribution in [3.05, 3.63) is 42.5 Å². The fourth-order valence-corrected chi connectivity index (χ4v) is 4.02. The molecule has 0 fully saturated rings. The van der Waals surface area contributed by atoms with Crippen LogP contribution in [0.3, 0.4) is 0 Å². The second-order valence-corrected chi connectivity index (χ2v) is 9.14. The Kier molecular flexibility index (Phi) is 6.10. The first-order valence-electron chi connectivity index (χ1n) is 6.75. The highest BCUT2D eigenvalue weighted by molar-refractivity contribution is 8.01. The van der Waals surface area contributed by atoms with Crippen LogP contribution in [0.25, 0.3) is 0 Å². The van der Waals surface area contributed by atoms with Crippen molar-refractivity contribution >= 4 is 44.2 Å². The Labute approximate surface area is 148 Å². The molecule has 2 aromatic rings. The molecule has 10 heteroatoms. The average Bonchev–Trinajstić information content (AvgIpc) is 3.00. The van der Waals surface area contributed by atoms with Crippen LogP contribution in [-0.4, -0.2) is 48.7 Å². The molecule has 24 heavy (non-hydrogen) atoms. The third-order valence-electron chi connectivity index (χ3n) is 2.85. The molecule has 7 nitrogen and oxygen atoms in total. The van der Waals surface area contributed by atoms with Gasteiger partial charge in [0.1, 0.15) is 0 Å². The van der Waals surface area contributed by atoms with Crippen molar-refractivity contribution in [1.29, 1.82) is 0 Å². The van der Waals surface area contributed by atoms with Crippen LogP contribution < -0.4 is 5.32 Å². The molecule has 1 heterocycles. The standard InChI is InChI=1S/C14H16N4O3S3/c1-4-9-22-14-17-16-13(23-14)15-12(19)10-5-7-11(8-6-10)24(20,21)18(2)3/h4-8H,1,9H2,2-3H3,(H,15,16,19). The van der Waals surface area contributed by atoms with E-state index in [1.54, 1.807) is 6.08 Å². The van der Waals surface area contributed by atoms with Gasteiger partial charge >= 0.3 is 0 Å². The molecule has 0 saturated heterocycles. The number of benzene rings is 1. The van der Waals surface area contributed by atoms with Gasteiger partial charge in [-0.3, -0.25) is 10.1 Å². The van der Waals surface area contributed by atoms with E-state index in [0.29, 0.717) is 16.4 Å². The Morgan fingerprint density at radius 2 is 2.00 bits per heavy atom. The van der Waals surface area contributed by atoms with Crippen molar-refractivity contribution in [2.75, 3.05) is 25.2 Å². The van der Waals surface area contributed by atoms with Gasteiger partial charge in [-0.25, -0.2) is 12.7 Å². The smallest absolute Gasteiger partial charge is 0.257 e. The van der Waals surface area contributed by atoms with Gasteiger partial charge in [-0.05, 0) is 24.3 Å². The Bertz CT molecular complexity index is 829. The van der Waals surface area contributed by atoms with Crippen LogP contribution in [-0.2, 0) is 10.0 Å². The van der Waals surface area contributed by atoms with Crippen molar-refractivity contribution in [2.24, 2.45) is 0 Å². The maximum atomic E-state index is 12.2. The lowest BCUT2D eigenvalue weighted by Crippen LogP contribution is -2.22. The van der Waals surface area contributed by atoms with Gasteiger partial charge in [0.15, 0.2) is 4.34 Å². The van der Waals surface area contributed by atoms with Gasteiger partial charge in [-0.1, -0.05) is 29.2 Å². The minimum atomic E-state index is -3.51.